The Hall–Kier alpha value is -8.66. The zero-order chi connectivity index (χ0) is 52.1. The van der Waals surface area contributed by atoms with Gasteiger partial charge in [0.2, 0.25) is 0 Å². The summed E-state index contributed by atoms with van der Waals surface area (Å²) >= 11 is 0. The molecule has 0 unspecified atom stereocenters. The van der Waals surface area contributed by atoms with E-state index in [9.17, 15) is 9.65 Å². The Kier molecular flexibility index (Phi) is 13.3. The van der Waals surface area contributed by atoms with E-state index in [4.69, 9.17) is 7.73 Å². The summed E-state index contributed by atoms with van der Waals surface area (Å²) in [6.45, 7) is 5.68. The molecule has 10 rings (SSSR count). The van der Waals surface area contributed by atoms with Crippen LogP contribution in [0.2, 0.25) is 0 Å². The van der Waals surface area contributed by atoms with Crippen LogP contribution < -0.4 is 0 Å². The summed E-state index contributed by atoms with van der Waals surface area (Å²) in [5.74, 6) is -2.24. The number of benzene rings is 7. The normalized spacial score (nSPS) is 11.9. The lowest BCUT2D eigenvalue weighted by Gasteiger charge is -2.19. The van der Waals surface area contributed by atoms with E-state index in [2.05, 4.69) is 113 Å². The van der Waals surface area contributed by atoms with Crippen molar-refractivity contribution in [1.82, 2.24) is 15.0 Å². The molecule has 3 heterocycles. The van der Waals surface area contributed by atoms with Crippen LogP contribution in [0.4, 0.5) is 8.78 Å². The lowest BCUT2D eigenvalue weighted by molar-refractivity contribution is 0.411. The van der Waals surface area contributed by atoms with Gasteiger partial charge in [0, 0.05) is 43.6 Å². The van der Waals surface area contributed by atoms with Gasteiger partial charge in [0.25, 0.3) is 0 Å². The van der Waals surface area contributed by atoms with E-state index in [0.717, 1.165) is 87.1 Å². The Labute approximate surface area is 430 Å². The third-order valence-corrected chi connectivity index (χ3v) is 13.1. The van der Waals surface area contributed by atoms with Crippen molar-refractivity contribution in [2.75, 3.05) is 0 Å². The first-order valence-electron chi connectivity index (χ1n) is 25.7. The summed E-state index contributed by atoms with van der Waals surface area (Å²) in [5.41, 5.74) is 16.3. The molecular formula is C67H54F2N4. The molecule has 0 radical (unpaired) electrons. The number of aryl methyl sites for hydroxylation is 4. The van der Waals surface area contributed by atoms with Crippen molar-refractivity contribution in [3.8, 4) is 84.3 Å². The smallest absolute Gasteiger partial charge is 0.177 e. The molecule has 0 saturated heterocycles. The molecule has 0 aliphatic rings. The number of nitrogens with zero attached hydrogens (tertiary/aromatic N) is 4. The van der Waals surface area contributed by atoms with Gasteiger partial charge in [0.15, 0.2) is 11.6 Å². The standard InChI is InChI=1S/C67H54F2N4/c1-67(2,3)43-49-34-37-73-64(41-49)54-30-33-60(61(42-54)51-28-26-50(27-29-51)58-32-31-55(44-70)65(68)66(58)69)59-11-5-4-10-57(59)56-39-47(16-14-45-18-22-52(23-19-45)62-12-6-8-35-71-62)38-48(40-56)17-15-46-20-24-53(25-21-46)63-13-7-9-36-72-63/h4-13,18-42H,14-17,43H2,1-3H3/i43D2. The largest absolute Gasteiger partial charge is 0.256 e. The Balaban J connectivity index is 1.05. The van der Waals surface area contributed by atoms with Gasteiger partial charge in [0.05, 0.1) is 22.6 Å². The summed E-state index contributed by atoms with van der Waals surface area (Å²) < 4.78 is 48.4. The van der Waals surface area contributed by atoms with Crippen LogP contribution in [-0.2, 0) is 32.1 Å². The highest BCUT2D eigenvalue weighted by Gasteiger charge is 2.19. The van der Waals surface area contributed by atoms with Crippen LogP contribution in [0.3, 0.4) is 0 Å². The number of nitriles is 1. The molecule has 0 N–H and O–H groups in total. The summed E-state index contributed by atoms with van der Waals surface area (Å²) in [4.78, 5) is 13.8. The fraction of sp³-hybridized carbons (Fsp3) is 0.134. The van der Waals surface area contributed by atoms with Gasteiger partial charge in [-0.3, -0.25) is 15.0 Å². The molecule has 0 aliphatic heterocycles. The maximum atomic E-state index is 15.4. The van der Waals surface area contributed by atoms with E-state index in [-0.39, 0.29) is 11.1 Å². The SMILES string of the molecule is [2H]C([2H])(c1ccnc(-c2ccc(-c3ccccc3-c3cc(CCc4ccc(-c5ccccn5)cc4)cc(CCc4ccc(-c5ccccn5)cc4)c3)c(-c3ccc(-c4ccc(C#N)c(F)c4F)cc3)c2)c1)C(C)(C)C. The van der Waals surface area contributed by atoms with Crippen LogP contribution in [-0.4, -0.2) is 15.0 Å². The minimum Gasteiger partial charge on any atom is -0.256 e. The number of hydrogen-bond donors (Lipinski definition) is 0. The fourth-order valence-electron chi connectivity index (χ4n) is 9.47. The van der Waals surface area contributed by atoms with Gasteiger partial charge < -0.3 is 0 Å². The van der Waals surface area contributed by atoms with E-state index in [0.29, 0.717) is 16.8 Å². The van der Waals surface area contributed by atoms with Crippen molar-refractivity contribution in [2.24, 2.45) is 5.41 Å². The molecule has 7 aromatic carbocycles. The Morgan fingerprint density at radius 1 is 0.397 bits per heavy atom. The van der Waals surface area contributed by atoms with Gasteiger partial charge in [-0.1, -0.05) is 160 Å². The van der Waals surface area contributed by atoms with Crippen molar-refractivity contribution in [2.45, 2.75) is 52.8 Å². The van der Waals surface area contributed by atoms with E-state index >= 15 is 4.39 Å². The Morgan fingerprint density at radius 2 is 0.890 bits per heavy atom. The van der Waals surface area contributed by atoms with Crippen molar-refractivity contribution in [1.29, 1.82) is 5.26 Å². The molecule has 4 nitrogen and oxygen atoms in total. The van der Waals surface area contributed by atoms with Gasteiger partial charge in [-0.05, 0) is 159 Å². The average Bonchev–Trinajstić information content (AvgIpc) is 3.45. The molecule has 0 fully saturated rings. The van der Waals surface area contributed by atoms with Crippen LogP contribution in [0.15, 0.2) is 213 Å². The molecule has 10 aromatic rings. The fourth-order valence-corrected chi connectivity index (χ4v) is 9.47. The van der Waals surface area contributed by atoms with Crippen molar-refractivity contribution < 1.29 is 11.5 Å². The van der Waals surface area contributed by atoms with Crippen LogP contribution in [0.1, 0.15) is 56.9 Å². The molecule has 0 saturated carbocycles. The third kappa shape index (κ3) is 11.3. The second-order valence-corrected chi connectivity index (χ2v) is 19.5. The first-order chi connectivity index (χ1) is 36.3. The van der Waals surface area contributed by atoms with E-state index in [1.54, 1.807) is 30.5 Å². The molecule has 0 aliphatic carbocycles. The van der Waals surface area contributed by atoms with Gasteiger partial charge in [-0.15, -0.1) is 0 Å². The van der Waals surface area contributed by atoms with E-state index < -0.39 is 23.4 Å². The minimum atomic E-state index is -1.63. The predicted octanol–water partition coefficient (Wildman–Crippen LogP) is 16.8. The molecule has 0 amide bonds. The molecule has 0 spiro atoms. The maximum Gasteiger partial charge on any atom is 0.177 e. The Morgan fingerprint density at radius 3 is 1.45 bits per heavy atom. The van der Waals surface area contributed by atoms with Crippen molar-refractivity contribution >= 4 is 0 Å². The highest BCUT2D eigenvalue weighted by atomic mass is 19.2. The molecular weight excluding hydrogens is 899 g/mol. The lowest BCUT2D eigenvalue weighted by atomic mass is 9.86. The van der Waals surface area contributed by atoms with Crippen LogP contribution >= 0.6 is 0 Å². The summed E-state index contributed by atoms with van der Waals surface area (Å²) in [5, 5.41) is 9.33. The summed E-state index contributed by atoms with van der Waals surface area (Å²) in [6.07, 6.45) is 7.04. The van der Waals surface area contributed by atoms with Crippen LogP contribution in [0, 0.1) is 28.4 Å². The minimum absolute atomic E-state index is 0.0604. The Bertz CT molecular complexity index is 3570. The number of aromatic nitrogens is 3. The highest BCUT2D eigenvalue weighted by molar-refractivity contribution is 5.94. The van der Waals surface area contributed by atoms with Crippen molar-refractivity contribution in [3.05, 3.63) is 258 Å². The molecule has 73 heavy (non-hydrogen) atoms. The summed E-state index contributed by atoms with van der Waals surface area (Å²) in [6, 6.07) is 66.3. The van der Waals surface area contributed by atoms with E-state index in [1.165, 1.54) is 34.4 Å². The number of pyridine rings is 3. The quantitative estimate of drug-likeness (QED) is 0.109. The second-order valence-electron chi connectivity index (χ2n) is 19.5. The lowest BCUT2D eigenvalue weighted by Crippen LogP contribution is -2.09. The monoisotopic (exact) mass is 954 g/mol. The molecule has 3 aromatic heterocycles. The van der Waals surface area contributed by atoms with Gasteiger partial charge in [-0.2, -0.15) is 5.26 Å². The summed E-state index contributed by atoms with van der Waals surface area (Å²) in [7, 11) is 0. The molecule has 6 heteroatoms. The molecule has 0 atom stereocenters. The number of hydrogen-bond acceptors (Lipinski definition) is 4. The van der Waals surface area contributed by atoms with Crippen LogP contribution in [0.5, 0.6) is 0 Å². The zero-order valence-electron chi connectivity index (χ0n) is 43.1. The number of halogens is 2. The number of rotatable bonds is 14. The molecule has 0 bridgehead atoms. The zero-order valence-corrected chi connectivity index (χ0v) is 41.1. The van der Waals surface area contributed by atoms with Crippen LogP contribution in [0.25, 0.3) is 78.3 Å². The highest BCUT2D eigenvalue weighted by Crippen LogP contribution is 2.42. The van der Waals surface area contributed by atoms with Gasteiger partial charge >= 0.3 is 0 Å². The first-order valence-corrected chi connectivity index (χ1v) is 24.7. The van der Waals surface area contributed by atoms with E-state index in [1.807, 2.05) is 93.8 Å². The third-order valence-electron chi connectivity index (χ3n) is 13.1. The average molecular weight is 955 g/mol. The van der Waals surface area contributed by atoms with Gasteiger partial charge in [-0.25, -0.2) is 8.78 Å². The second kappa shape index (κ2) is 21.4. The van der Waals surface area contributed by atoms with Crippen molar-refractivity contribution in [3.63, 3.8) is 0 Å². The topological polar surface area (TPSA) is 62.5 Å². The first kappa shape index (κ1) is 45.5. The molecule has 356 valence electrons. The maximum absolute atomic E-state index is 15.4. The van der Waals surface area contributed by atoms with Gasteiger partial charge in [0.1, 0.15) is 6.07 Å². The predicted molar refractivity (Wildman–Crippen MR) is 293 cm³/mol.